The molecule has 0 saturated heterocycles. The van der Waals surface area contributed by atoms with Gasteiger partial charge in [0, 0.05) is 11.4 Å². The van der Waals surface area contributed by atoms with Crippen molar-refractivity contribution in [2.75, 3.05) is 19.8 Å². The molecule has 0 saturated carbocycles. The van der Waals surface area contributed by atoms with E-state index >= 15 is 0 Å². The summed E-state index contributed by atoms with van der Waals surface area (Å²) in [4.78, 5) is 39.2. The van der Waals surface area contributed by atoms with E-state index in [1.807, 2.05) is 19.1 Å². The standard InChI is InChI=1S/C31H33NO7/c1-7-16-37-30(34)26-20(5)32-21(6)27(31(35)38-17-8-2)28(26)23-14-15-24(25(18-23)36-9-3)39-29(33)22-12-10-19(4)11-13-22/h7-8,10-15,18,28,32H,1-2,9,16-17H2,3-6H3. The van der Waals surface area contributed by atoms with Gasteiger partial charge < -0.3 is 24.3 Å². The van der Waals surface area contributed by atoms with Crippen molar-refractivity contribution >= 4 is 17.9 Å². The summed E-state index contributed by atoms with van der Waals surface area (Å²) in [7, 11) is 0. The lowest BCUT2D eigenvalue weighted by atomic mass is 9.80. The summed E-state index contributed by atoms with van der Waals surface area (Å²) in [6.07, 6.45) is 2.92. The second-order valence-corrected chi connectivity index (χ2v) is 8.80. The SMILES string of the molecule is C=CCOC(=O)C1=C(C)NC(C)=C(C(=O)OCC=C)C1c1ccc(OC(=O)c2ccc(C)cc2)c(OCC)c1. The molecule has 2 aromatic carbocycles. The highest BCUT2D eigenvalue weighted by molar-refractivity contribution is 6.00. The number of rotatable bonds is 11. The fraction of sp³-hybridized carbons (Fsp3) is 0.258. The van der Waals surface area contributed by atoms with Gasteiger partial charge >= 0.3 is 17.9 Å². The molecular formula is C31H33NO7. The molecule has 8 heteroatoms. The van der Waals surface area contributed by atoms with Crippen LogP contribution in [0.3, 0.4) is 0 Å². The van der Waals surface area contributed by atoms with Gasteiger partial charge in [-0.3, -0.25) is 0 Å². The Balaban J connectivity index is 2.09. The summed E-state index contributed by atoms with van der Waals surface area (Å²) < 4.78 is 22.2. The third-order valence-electron chi connectivity index (χ3n) is 5.96. The van der Waals surface area contributed by atoms with Crippen LogP contribution >= 0.6 is 0 Å². The molecule has 1 aliphatic heterocycles. The van der Waals surface area contributed by atoms with Gasteiger partial charge in [0.1, 0.15) is 13.2 Å². The number of hydrogen-bond donors (Lipinski definition) is 1. The van der Waals surface area contributed by atoms with Crippen molar-refractivity contribution in [1.82, 2.24) is 5.32 Å². The summed E-state index contributed by atoms with van der Waals surface area (Å²) in [6.45, 7) is 14.7. The fourth-order valence-corrected chi connectivity index (χ4v) is 4.20. The van der Waals surface area contributed by atoms with Crippen molar-refractivity contribution in [2.24, 2.45) is 0 Å². The Labute approximate surface area is 228 Å². The van der Waals surface area contributed by atoms with Gasteiger partial charge in [0.25, 0.3) is 0 Å². The molecule has 0 amide bonds. The molecule has 2 aromatic rings. The van der Waals surface area contributed by atoms with Crippen LogP contribution in [-0.2, 0) is 19.1 Å². The summed E-state index contributed by atoms with van der Waals surface area (Å²) in [6, 6.07) is 11.9. The van der Waals surface area contributed by atoms with E-state index < -0.39 is 23.8 Å². The zero-order valence-corrected chi connectivity index (χ0v) is 22.7. The van der Waals surface area contributed by atoms with Gasteiger partial charge in [-0.2, -0.15) is 0 Å². The number of nitrogens with one attached hydrogen (secondary N) is 1. The number of ether oxygens (including phenoxy) is 4. The van der Waals surface area contributed by atoms with Crippen LogP contribution in [0.2, 0.25) is 0 Å². The third kappa shape index (κ3) is 6.84. The highest BCUT2D eigenvalue weighted by Crippen LogP contribution is 2.42. The first-order valence-corrected chi connectivity index (χ1v) is 12.5. The Morgan fingerprint density at radius 2 is 1.38 bits per heavy atom. The first-order valence-electron chi connectivity index (χ1n) is 12.5. The van der Waals surface area contributed by atoms with Crippen molar-refractivity contribution in [2.45, 2.75) is 33.6 Å². The minimum atomic E-state index is -0.845. The predicted octanol–water partition coefficient (Wildman–Crippen LogP) is 5.31. The van der Waals surface area contributed by atoms with Gasteiger partial charge in [-0.1, -0.05) is 49.1 Å². The number of aryl methyl sites for hydroxylation is 1. The molecule has 0 radical (unpaired) electrons. The van der Waals surface area contributed by atoms with E-state index in [-0.39, 0.29) is 42.5 Å². The number of esters is 3. The maximum Gasteiger partial charge on any atom is 0.343 e. The van der Waals surface area contributed by atoms with Gasteiger partial charge in [0.15, 0.2) is 11.5 Å². The topological polar surface area (TPSA) is 100 Å². The molecule has 0 atom stereocenters. The third-order valence-corrected chi connectivity index (χ3v) is 5.96. The van der Waals surface area contributed by atoms with Crippen LogP contribution in [0.25, 0.3) is 0 Å². The Hall–Kier alpha value is -4.59. The second kappa shape index (κ2) is 13.3. The Morgan fingerprint density at radius 3 is 1.90 bits per heavy atom. The molecule has 1 aliphatic rings. The van der Waals surface area contributed by atoms with Crippen molar-refractivity contribution in [3.63, 3.8) is 0 Å². The van der Waals surface area contributed by atoms with E-state index in [9.17, 15) is 14.4 Å². The van der Waals surface area contributed by atoms with Crippen molar-refractivity contribution in [3.05, 3.63) is 107 Å². The number of hydrogen-bond acceptors (Lipinski definition) is 8. The molecule has 204 valence electrons. The van der Waals surface area contributed by atoms with Crippen LogP contribution in [0.5, 0.6) is 11.5 Å². The van der Waals surface area contributed by atoms with Gasteiger partial charge in [-0.25, -0.2) is 14.4 Å². The van der Waals surface area contributed by atoms with E-state index in [1.54, 1.807) is 51.1 Å². The van der Waals surface area contributed by atoms with Crippen LogP contribution in [-0.4, -0.2) is 37.7 Å². The molecule has 39 heavy (non-hydrogen) atoms. The molecule has 0 aromatic heterocycles. The first-order chi connectivity index (χ1) is 18.7. The Bertz CT molecular complexity index is 1290. The number of carbonyl (C=O) groups is 3. The first kappa shape index (κ1) is 29.0. The molecular weight excluding hydrogens is 498 g/mol. The number of benzene rings is 2. The minimum Gasteiger partial charge on any atom is -0.490 e. The normalized spacial score (nSPS) is 13.3. The molecule has 0 spiro atoms. The number of carbonyl (C=O) groups excluding carboxylic acids is 3. The second-order valence-electron chi connectivity index (χ2n) is 8.80. The van der Waals surface area contributed by atoms with Crippen LogP contribution in [0.1, 0.15) is 48.2 Å². The van der Waals surface area contributed by atoms with Gasteiger partial charge in [-0.05, 0) is 57.5 Å². The Kier molecular flexibility index (Phi) is 9.86. The average Bonchev–Trinajstić information content (AvgIpc) is 2.91. The van der Waals surface area contributed by atoms with E-state index in [0.29, 0.717) is 22.5 Å². The predicted molar refractivity (Wildman–Crippen MR) is 147 cm³/mol. The quantitative estimate of drug-likeness (QED) is 0.237. The monoisotopic (exact) mass is 531 g/mol. The molecule has 0 fully saturated rings. The smallest absolute Gasteiger partial charge is 0.343 e. The van der Waals surface area contributed by atoms with Crippen molar-refractivity contribution in [3.8, 4) is 11.5 Å². The molecule has 1 heterocycles. The van der Waals surface area contributed by atoms with E-state index in [0.717, 1.165) is 5.56 Å². The molecule has 0 aliphatic carbocycles. The highest BCUT2D eigenvalue weighted by Gasteiger charge is 2.38. The lowest BCUT2D eigenvalue weighted by Crippen LogP contribution is -2.32. The zero-order valence-electron chi connectivity index (χ0n) is 22.7. The fourth-order valence-electron chi connectivity index (χ4n) is 4.20. The van der Waals surface area contributed by atoms with Gasteiger partial charge in [-0.15, -0.1) is 0 Å². The number of dihydropyridines is 1. The summed E-state index contributed by atoms with van der Waals surface area (Å²) >= 11 is 0. The Morgan fingerprint density at radius 1 is 0.821 bits per heavy atom. The van der Waals surface area contributed by atoms with E-state index in [2.05, 4.69) is 18.5 Å². The maximum absolute atomic E-state index is 13.2. The maximum atomic E-state index is 13.2. The van der Waals surface area contributed by atoms with Crippen molar-refractivity contribution < 1.29 is 33.3 Å². The molecule has 0 bridgehead atoms. The molecule has 0 unspecified atom stereocenters. The van der Waals surface area contributed by atoms with E-state index in [4.69, 9.17) is 18.9 Å². The largest absolute Gasteiger partial charge is 0.490 e. The summed E-state index contributed by atoms with van der Waals surface area (Å²) in [5.74, 6) is -2.13. The lowest BCUT2D eigenvalue weighted by Gasteiger charge is -2.30. The van der Waals surface area contributed by atoms with E-state index in [1.165, 1.54) is 12.2 Å². The lowest BCUT2D eigenvalue weighted by molar-refractivity contribution is -0.138. The highest BCUT2D eigenvalue weighted by atomic mass is 16.6. The van der Waals surface area contributed by atoms with Crippen molar-refractivity contribution in [1.29, 1.82) is 0 Å². The molecule has 8 nitrogen and oxygen atoms in total. The van der Waals surface area contributed by atoms with Crippen LogP contribution in [0, 0.1) is 6.92 Å². The molecule has 3 rings (SSSR count). The van der Waals surface area contributed by atoms with Gasteiger partial charge in [0.2, 0.25) is 0 Å². The van der Waals surface area contributed by atoms with Crippen LogP contribution in [0.4, 0.5) is 0 Å². The number of allylic oxidation sites excluding steroid dienone is 2. The van der Waals surface area contributed by atoms with Gasteiger partial charge in [0.05, 0.1) is 29.2 Å². The molecule has 1 N–H and O–H groups in total. The summed E-state index contributed by atoms with van der Waals surface area (Å²) in [5.41, 5.74) is 3.48. The van der Waals surface area contributed by atoms with Crippen LogP contribution in [0.15, 0.2) is 90.3 Å². The summed E-state index contributed by atoms with van der Waals surface area (Å²) in [5, 5.41) is 3.10. The van der Waals surface area contributed by atoms with Crippen LogP contribution < -0.4 is 14.8 Å². The zero-order chi connectivity index (χ0) is 28.5. The average molecular weight is 532 g/mol. The minimum absolute atomic E-state index is 0.000626.